The Morgan fingerprint density at radius 3 is 2.76 bits per heavy atom. The first-order valence-electron chi connectivity index (χ1n) is 6.41. The normalized spacial score (nSPS) is 19.2. The molecule has 1 N–H and O–H groups in total. The van der Waals surface area contributed by atoms with Crippen LogP contribution in [0.5, 0.6) is 0 Å². The highest BCUT2D eigenvalue weighted by atomic mass is 16.5. The Hall–Kier alpha value is -0.940. The minimum atomic E-state index is -0.485. The SMILES string of the molecule is CCCc1noc(CN2CC(O)(CCC)C2)n1. The maximum absolute atomic E-state index is 10.0. The smallest absolute Gasteiger partial charge is 0.240 e. The van der Waals surface area contributed by atoms with Gasteiger partial charge in [-0.2, -0.15) is 4.98 Å². The van der Waals surface area contributed by atoms with Crippen LogP contribution in [-0.4, -0.2) is 38.8 Å². The van der Waals surface area contributed by atoms with Gasteiger partial charge in [0.1, 0.15) is 0 Å². The summed E-state index contributed by atoms with van der Waals surface area (Å²) >= 11 is 0. The second-order valence-corrected chi connectivity index (χ2v) is 4.97. The maximum atomic E-state index is 10.0. The van der Waals surface area contributed by atoms with E-state index < -0.39 is 5.60 Å². The predicted molar refractivity (Wildman–Crippen MR) is 63.4 cm³/mol. The molecule has 0 radical (unpaired) electrons. The van der Waals surface area contributed by atoms with Crippen molar-refractivity contribution in [2.75, 3.05) is 13.1 Å². The van der Waals surface area contributed by atoms with Crippen molar-refractivity contribution in [1.29, 1.82) is 0 Å². The van der Waals surface area contributed by atoms with Crippen molar-refractivity contribution < 1.29 is 9.63 Å². The van der Waals surface area contributed by atoms with Gasteiger partial charge in [-0.05, 0) is 12.8 Å². The van der Waals surface area contributed by atoms with Crippen molar-refractivity contribution in [2.24, 2.45) is 0 Å². The summed E-state index contributed by atoms with van der Waals surface area (Å²) in [7, 11) is 0. The van der Waals surface area contributed by atoms with Crippen LogP contribution in [0.15, 0.2) is 4.52 Å². The number of aliphatic hydroxyl groups is 1. The van der Waals surface area contributed by atoms with Gasteiger partial charge >= 0.3 is 0 Å². The zero-order valence-electron chi connectivity index (χ0n) is 10.6. The number of β-amino-alcohol motifs (C(OH)–C–C–N with tert-alkyl or cyclic N) is 1. The Morgan fingerprint density at radius 1 is 1.35 bits per heavy atom. The van der Waals surface area contributed by atoms with Crippen LogP contribution >= 0.6 is 0 Å². The molecule has 1 fully saturated rings. The summed E-state index contributed by atoms with van der Waals surface area (Å²) in [5, 5.41) is 14.0. The molecule has 1 saturated heterocycles. The standard InChI is InChI=1S/C12H21N3O2/c1-3-5-10-13-11(17-14-10)7-15-8-12(16,9-15)6-4-2/h16H,3-9H2,1-2H3. The van der Waals surface area contributed by atoms with Crippen LogP contribution in [0.2, 0.25) is 0 Å². The van der Waals surface area contributed by atoms with Gasteiger partial charge in [0.05, 0.1) is 12.1 Å². The van der Waals surface area contributed by atoms with Gasteiger partial charge < -0.3 is 9.63 Å². The van der Waals surface area contributed by atoms with Crippen molar-refractivity contribution in [3.05, 3.63) is 11.7 Å². The molecule has 5 nitrogen and oxygen atoms in total. The van der Waals surface area contributed by atoms with Crippen molar-refractivity contribution >= 4 is 0 Å². The quantitative estimate of drug-likeness (QED) is 0.812. The molecule has 0 saturated carbocycles. The topological polar surface area (TPSA) is 62.4 Å². The van der Waals surface area contributed by atoms with E-state index in [0.29, 0.717) is 25.5 Å². The Labute approximate surface area is 102 Å². The Bertz CT molecular complexity index is 358. The lowest BCUT2D eigenvalue weighted by atomic mass is 9.89. The van der Waals surface area contributed by atoms with Crippen LogP contribution in [0, 0.1) is 0 Å². The lowest BCUT2D eigenvalue weighted by Crippen LogP contribution is -2.60. The summed E-state index contributed by atoms with van der Waals surface area (Å²) in [6.45, 7) is 6.27. The van der Waals surface area contributed by atoms with E-state index in [0.717, 1.165) is 31.5 Å². The summed E-state index contributed by atoms with van der Waals surface area (Å²) < 4.78 is 5.17. The molecular weight excluding hydrogens is 218 g/mol. The molecule has 1 aliphatic heterocycles. The molecule has 17 heavy (non-hydrogen) atoms. The molecular formula is C12H21N3O2. The van der Waals surface area contributed by atoms with Gasteiger partial charge in [0.2, 0.25) is 5.89 Å². The van der Waals surface area contributed by atoms with Crippen molar-refractivity contribution in [3.8, 4) is 0 Å². The monoisotopic (exact) mass is 239 g/mol. The highest BCUT2D eigenvalue weighted by molar-refractivity contribution is 4.97. The average Bonchev–Trinajstić information content (AvgIpc) is 2.64. The second kappa shape index (κ2) is 5.14. The van der Waals surface area contributed by atoms with E-state index >= 15 is 0 Å². The first-order chi connectivity index (χ1) is 8.15. The van der Waals surface area contributed by atoms with Gasteiger partial charge in [0.25, 0.3) is 0 Å². The van der Waals surface area contributed by atoms with Gasteiger partial charge in [0, 0.05) is 19.5 Å². The van der Waals surface area contributed by atoms with E-state index in [9.17, 15) is 5.11 Å². The first-order valence-corrected chi connectivity index (χ1v) is 6.41. The van der Waals surface area contributed by atoms with Crippen molar-refractivity contribution in [2.45, 2.75) is 51.7 Å². The third-order valence-corrected chi connectivity index (χ3v) is 3.09. The van der Waals surface area contributed by atoms with E-state index in [-0.39, 0.29) is 0 Å². The molecule has 5 heteroatoms. The van der Waals surface area contributed by atoms with E-state index in [1.54, 1.807) is 0 Å². The molecule has 96 valence electrons. The molecule has 2 heterocycles. The zero-order chi connectivity index (χ0) is 12.3. The highest BCUT2D eigenvalue weighted by Crippen LogP contribution is 2.26. The van der Waals surface area contributed by atoms with Crippen LogP contribution in [0.1, 0.15) is 44.8 Å². The number of hydrogen-bond acceptors (Lipinski definition) is 5. The van der Waals surface area contributed by atoms with Crippen LogP contribution < -0.4 is 0 Å². The maximum Gasteiger partial charge on any atom is 0.240 e. The molecule has 1 aromatic rings. The number of hydrogen-bond donors (Lipinski definition) is 1. The fraction of sp³-hybridized carbons (Fsp3) is 0.833. The van der Waals surface area contributed by atoms with Crippen molar-refractivity contribution in [1.82, 2.24) is 15.0 Å². The van der Waals surface area contributed by atoms with E-state index in [1.165, 1.54) is 0 Å². The molecule has 0 aromatic carbocycles. The minimum absolute atomic E-state index is 0.485. The summed E-state index contributed by atoms with van der Waals surface area (Å²) in [6, 6.07) is 0. The molecule has 2 rings (SSSR count). The van der Waals surface area contributed by atoms with Crippen LogP contribution in [0.25, 0.3) is 0 Å². The summed E-state index contributed by atoms with van der Waals surface area (Å²) in [4.78, 5) is 6.45. The largest absolute Gasteiger partial charge is 0.387 e. The third-order valence-electron chi connectivity index (χ3n) is 3.09. The number of rotatable bonds is 6. The van der Waals surface area contributed by atoms with Crippen LogP contribution in [0.3, 0.4) is 0 Å². The third kappa shape index (κ3) is 3.04. The molecule has 0 spiro atoms. The zero-order valence-corrected chi connectivity index (χ0v) is 10.6. The average molecular weight is 239 g/mol. The lowest BCUT2D eigenvalue weighted by Gasteiger charge is -2.46. The van der Waals surface area contributed by atoms with Crippen molar-refractivity contribution in [3.63, 3.8) is 0 Å². The van der Waals surface area contributed by atoms with Gasteiger partial charge in [-0.15, -0.1) is 0 Å². The van der Waals surface area contributed by atoms with Gasteiger partial charge in [-0.1, -0.05) is 25.4 Å². The molecule has 1 aliphatic rings. The molecule has 0 amide bonds. The lowest BCUT2D eigenvalue weighted by molar-refractivity contribution is -0.109. The number of aromatic nitrogens is 2. The predicted octanol–water partition coefficient (Wildman–Crippen LogP) is 1.37. The highest BCUT2D eigenvalue weighted by Gasteiger charge is 2.40. The Morgan fingerprint density at radius 2 is 2.12 bits per heavy atom. The molecule has 0 unspecified atom stereocenters. The minimum Gasteiger partial charge on any atom is -0.387 e. The summed E-state index contributed by atoms with van der Waals surface area (Å²) in [6.07, 6.45) is 3.78. The fourth-order valence-corrected chi connectivity index (χ4v) is 2.39. The van der Waals surface area contributed by atoms with Gasteiger partial charge in [0.15, 0.2) is 5.82 Å². The fourth-order valence-electron chi connectivity index (χ4n) is 2.39. The molecule has 0 atom stereocenters. The molecule has 0 bridgehead atoms. The molecule has 0 aliphatic carbocycles. The van der Waals surface area contributed by atoms with Gasteiger partial charge in [-0.3, -0.25) is 4.90 Å². The Kier molecular flexibility index (Phi) is 3.79. The van der Waals surface area contributed by atoms with Crippen LogP contribution in [-0.2, 0) is 13.0 Å². The second-order valence-electron chi connectivity index (χ2n) is 4.97. The van der Waals surface area contributed by atoms with Crippen LogP contribution in [0.4, 0.5) is 0 Å². The van der Waals surface area contributed by atoms with E-state index in [4.69, 9.17) is 4.52 Å². The summed E-state index contributed by atoms with van der Waals surface area (Å²) in [5.74, 6) is 1.44. The van der Waals surface area contributed by atoms with Gasteiger partial charge in [-0.25, -0.2) is 0 Å². The Balaban J connectivity index is 1.79. The summed E-state index contributed by atoms with van der Waals surface area (Å²) in [5.41, 5.74) is -0.485. The number of nitrogens with zero attached hydrogens (tertiary/aromatic N) is 3. The molecule has 1 aromatic heterocycles. The first kappa shape index (κ1) is 12.5. The number of aryl methyl sites for hydroxylation is 1. The van der Waals surface area contributed by atoms with E-state index in [1.807, 2.05) is 0 Å². The number of likely N-dealkylation sites (tertiary alicyclic amines) is 1. The van der Waals surface area contributed by atoms with E-state index in [2.05, 4.69) is 28.9 Å².